The topological polar surface area (TPSA) is 59.8 Å². The average Bonchev–Trinajstić information content (AvgIpc) is 2.90. The third kappa shape index (κ3) is 1.81. The van der Waals surface area contributed by atoms with E-state index in [9.17, 15) is 4.79 Å². The van der Waals surface area contributed by atoms with E-state index in [1.54, 1.807) is 0 Å². The Kier molecular flexibility index (Phi) is 2.99. The molecule has 1 saturated carbocycles. The molecular weight excluding hydrogens is 276 g/mol. The van der Waals surface area contributed by atoms with Crippen molar-refractivity contribution in [3.8, 4) is 0 Å². The lowest BCUT2D eigenvalue weighted by atomic mass is 9.79. The molecule has 22 heavy (non-hydrogen) atoms. The van der Waals surface area contributed by atoms with Gasteiger partial charge in [-0.2, -0.15) is 0 Å². The van der Waals surface area contributed by atoms with Gasteiger partial charge in [-0.3, -0.25) is 4.79 Å². The second kappa shape index (κ2) is 4.80. The summed E-state index contributed by atoms with van der Waals surface area (Å²) >= 11 is 0. The fraction of sp³-hybridized carbons (Fsp3) is 0.588. The Morgan fingerprint density at radius 3 is 2.77 bits per heavy atom. The number of hydrogen-bond acceptors (Lipinski definition) is 3. The van der Waals surface area contributed by atoms with Gasteiger partial charge in [0.15, 0.2) is 0 Å². The van der Waals surface area contributed by atoms with Gasteiger partial charge in [-0.05, 0) is 18.9 Å². The van der Waals surface area contributed by atoms with Crippen molar-refractivity contribution < 1.29 is 4.79 Å². The van der Waals surface area contributed by atoms with Gasteiger partial charge in [0.1, 0.15) is 17.0 Å². The highest BCUT2D eigenvalue weighted by Gasteiger charge is 2.45. The summed E-state index contributed by atoms with van der Waals surface area (Å²) in [7, 11) is 0. The van der Waals surface area contributed by atoms with Crippen LogP contribution in [0.25, 0.3) is 11.0 Å². The maximum absolute atomic E-state index is 12.7. The Hall–Kier alpha value is -1.91. The predicted molar refractivity (Wildman–Crippen MR) is 84.5 cm³/mol. The Bertz CT molecular complexity index is 740. The van der Waals surface area contributed by atoms with Crippen LogP contribution in [-0.4, -0.2) is 20.4 Å². The van der Waals surface area contributed by atoms with Gasteiger partial charge >= 0.3 is 0 Å². The van der Waals surface area contributed by atoms with Crippen molar-refractivity contribution in [1.82, 2.24) is 19.9 Å². The van der Waals surface area contributed by atoms with Gasteiger partial charge in [0.2, 0.25) is 5.91 Å². The molecule has 2 aromatic rings. The van der Waals surface area contributed by atoms with Gasteiger partial charge in [0.05, 0.1) is 6.54 Å². The predicted octanol–water partition coefficient (Wildman–Crippen LogP) is 2.84. The van der Waals surface area contributed by atoms with Gasteiger partial charge in [-0.1, -0.05) is 33.1 Å². The smallest absolute Gasteiger partial charge is 0.246 e. The van der Waals surface area contributed by atoms with Gasteiger partial charge in [-0.25, -0.2) is 9.97 Å². The maximum Gasteiger partial charge on any atom is 0.246 e. The number of rotatable bonds is 1. The summed E-state index contributed by atoms with van der Waals surface area (Å²) in [5, 5.41) is 4.13. The zero-order valence-electron chi connectivity index (χ0n) is 13.2. The third-order valence-electron chi connectivity index (χ3n) is 5.11. The summed E-state index contributed by atoms with van der Waals surface area (Å²) < 4.78 is 2.23. The molecular formula is C17H22N4O. The lowest BCUT2D eigenvalue weighted by Crippen LogP contribution is -2.54. The zero-order valence-corrected chi connectivity index (χ0v) is 13.2. The number of amides is 1. The van der Waals surface area contributed by atoms with Crippen LogP contribution < -0.4 is 5.32 Å². The fourth-order valence-electron chi connectivity index (χ4n) is 3.97. The van der Waals surface area contributed by atoms with Crippen molar-refractivity contribution in [1.29, 1.82) is 0 Å². The molecule has 1 amide bonds. The highest BCUT2D eigenvalue weighted by Crippen LogP contribution is 2.41. The number of aromatic nitrogens is 3. The van der Waals surface area contributed by atoms with Crippen LogP contribution in [0.3, 0.4) is 0 Å². The molecule has 0 bridgehead atoms. The molecule has 5 nitrogen and oxygen atoms in total. The minimum atomic E-state index is -0.434. The largest absolute Gasteiger partial charge is 0.348 e. The number of hydrogen-bond donors (Lipinski definition) is 1. The minimum Gasteiger partial charge on any atom is -0.348 e. The summed E-state index contributed by atoms with van der Waals surface area (Å²) in [6.45, 7) is 4.79. The van der Waals surface area contributed by atoms with Crippen molar-refractivity contribution in [3.63, 3.8) is 0 Å². The van der Waals surface area contributed by atoms with E-state index in [4.69, 9.17) is 4.98 Å². The highest BCUT2D eigenvalue weighted by atomic mass is 16.2. The van der Waals surface area contributed by atoms with E-state index in [1.807, 2.05) is 6.20 Å². The van der Waals surface area contributed by atoms with Gasteiger partial charge < -0.3 is 9.88 Å². The fourth-order valence-corrected chi connectivity index (χ4v) is 3.97. The third-order valence-corrected chi connectivity index (χ3v) is 5.11. The van der Waals surface area contributed by atoms with Crippen molar-refractivity contribution in [2.75, 3.05) is 0 Å². The SMILES string of the molecule is CC(C)c1ncc2cc3n(c2n1)C1(CCCCC1)C(=O)NC3. The molecule has 4 rings (SSSR count). The van der Waals surface area contributed by atoms with E-state index in [0.717, 1.165) is 48.2 Å². The molecule has 116 valence electrons. The second-order valence-electron chi connectivity index (χ2n) is 6.91. The Labute approximate surface area is 130 Å². The average molecular weight is 298 g/mol. The molecule has 1 N–H and O–H groups in total. The maximum atomic E-state index is 12.7. The van der Waals surface area contributed by atoms with E-state index in [0.29, 0.717) is 6.54 Å². The summed E-state index contributed by atoms with van der Waals surface area (Å²) in [6, 6.07) is 2.13. The van der Waals surface area contributed by atoms with E-state index in [2.05, 4.69) is 34.8 Å². The molecule has 2 aliphatic rings. The number of nitrogens with one attached hydrogen (secondary N) is 1. The number of carbonyl (C=O) groups excluding carboxylic acids is 1. The first kappa shape index (κ1) is 13.7. The first-order valence-corrected chi connectivity index (χ1v) is 8.28. The first-order chi connectivity index (χ1) is 10.6. The minimum absolute atomic E-state index is 0.168. The van der Waals surface area contributed by atoms with E-state index >= 15 is 0 Å². The normalized spacial score (nSPS) is 20.4. The van der Waals surface area contributed by atoms with Gasteiger partial charge in [-0.15, -0.1) is 0 Å². The van der Waals surface area contributed by atoms with E-state index < -0.39 is 5.54 Å². The molecule has 0 atom stereocenters. The molecule has 1 fully saturated rings. The monoisotopic (exact) mass is 298 g/mol. The quantitative estimate of drug-likeness (QED) is 0.880. The van der Waals surface area contributed by atoms with Crippen molar-refractivity contribution in [3.05, 3.63) is 23.8 Å². The Morgan fingerprint density at radius 2 is 2.05 bits per heavy atom. The molecule has 0 unspecified atom stereocenters. The second-order valence-corrected chi connectivity index (χ2v) is 6.91. The number of nitrogens with zero attached hydrogens (tertiary/aromatic N) is 3. The number of carbonyl (C=O) groups is 1. The van der Waals surface area contributed by atoms with Gasteiger partial charge in [0, 0.05) is 23.2 Å². The van der Waals surface area contributed by atoms with E-state index in [1.165, 1.54) is 6.42 Å². The Balaban J connectivity index is 1.97. The van der Waals surface area contributed by atoms with Crippen LogP contribution >= 0.6 is 0 Å². The van der Waals surface area contributed by atoms with Crippen LogP contribution in [0.2, 0.25) is 0 Å². The molecule has 2 aromatic heterocycles. The first-order valence-electron chi connectivity index (χ1n) is 8.28. The summed E-state index contributed by atoms with van der Waals surface area (Å²) in [6.07, 6.45) is 7.16. The standard InChI is InChI=1S/C17H22N4O/c1-11(2)14-18-9-12-8-13-10-19-16(22)17(6-4-3-5-7-17)21(13)15(12)20-14/h8-9,11H,3-7,10H2,1-2H3,(H,19,22). The van der Waals surface area contributed by atoms with Crippen molar-refractivity contribution in [2.45, 2.75) is 64.0 Å². The Morgan fingerprint density at radius 1 is 1.27 bits per heavy atom. The molecule has 0 saturated heterocycles. The van der Waals surface area contributed by atoms with E-state index in [-0.39, 0.29) is 11.8 Å². The van der Waals surface area contributed by atoms with Crippen molar-refractivity contribution in [2.24, 2.45) is 0 Å². The molecule has 1 aliphatic carbocycles. The van der Waals surface area contributed by atoms with Gasteiger partial charge in [0.25, 0.3) is 0 Å². The highest BCUT2D eigenvalue weighted by molar-refractivity contribution is 5.89. The van der Waals surface area contributed by atoms with Crippen LogP contribution in [-0.2, 0) is 16.9 Å². The lowest BCUT2D eigenvalue weighted by molar-refractivity contribution is -0.133. The van der Waals surface area contributed by atoms with Crippen LogP contribution in [0, 0.1) is 0 Å². The summed E-state index contributed by atoms with van der Waals surface area (Å²) in [5.74, 6) is 1.31. The molecule has 1 aliphatic heterocycles. The molecule has 3 heterocycles. The molecule has 1 spiro atoms. The summed E-state index contributed by atoms with van der Waals surface area (Å²) in [5.41, 5.74) is 1.66. The van der Waals surface area contributed by atoms with Crippen LogP contribution in [0.1, 0.15) is 63.4 Å². The van der Waals surface area contributed by atoms with Crippen molar-refractivity contribution >= 4 is 16.9 Å². The van der Waals surface area contributed by atoms with Crippen LogP contribution in [0.5, 0.6) is 0 Å². The summed E-state index contributed by atoms with van der Waals surface area (Å²) in [4.78, 5) is 22.0. The zero-order chi connectivity index (χ0) is 15.3. The van der Waals surface area contributed by atoms with Crippen LogP contribution in [0.4, 0.5) is 0 Å². The number of fused-ring (bicyclic) bond motifs is 4. The molecule has 5 heteroatoms. The molecule has 0 aromatic carbocycles. The van der Waals surface area contributed by atoms with Crippen LogP contribution in [0.15, 0.2) is 12.3 Å². The lowest BCUT2D eigenvalue weighted by Gasteiger charge is -2.41. The molecule has 0 radical (unpaired) electrons.